The molecule has 2 aromatic rings. The van der Waals surface area contributed by atoms with Crippen molar-refractivity contribution < 1.29 is 9.90 Å². The van der Waals surface area contributed by atoms with Gasteiger partial charge in [0.2, 0.25) is 0 Å². The Morgan fingerprint density at radius 2 is 2.25 bits per heavy atom. The van der Waals surface area contributed by atoms with Crippen molar-refractivity contribution in [2.45, 2.75) is 13.5 Å². The molecule has 0 fully saturated rings. The summed E-state index contributed by atoms with van der Waals surface area (Å²) < 4.78 is 0. The molecule has 4 heteroatoms. The standard InChI is InChI=1S/C16H15NO2S/c1-12-10-20-11-15(12)16(19)17-9-14-5-2-4-13(8-14)6-3-7-18/h2,4-5,8,10-11,18H,7,9H2,1H3,(H,17,19). The summed E-state index contributed by atoms with van der Waals surface area (Å²) >= 11 is 1.52. The normalized spacial score (nSPS) is 9.70. The molecule has 0 saturated carbocycles. The molecule has 2 N–H and O–H groups in total. The van der Waals surface area contributed by atoms with E-state index in [4.69, 9.17) is 5.11 Å². The van der Waals surface area contributed by atoms with Crippen LogP contribution >= 0.6 is 11.3 Å². The second-order valence-electron chi connectivity index (χ2n) is 4.31. The number of nitrogens with one attached hydrogen (secondary N) is 1. The Bertz CT molecular complexity index is 664. The first-order chi connectivity index (χ1) is 9.70. The van der Waals surface area contributed by atoms with E-state index in [0.717, 1.165) is 22.3 Å². The van der Waals surface area contributed by atoms with Gasteiger partial charge in [0.25, 0.3) is 5.91 Å². The molecular formula is C16H15NO2S. The Hall–Kier alpha value is -2.09. The lowest BCUT2D eigenvalue weighted by molar-refractivity contribution is 0.0951. The molecule has 0 aliphatic rings. The first-order valence-electron chi connectivity index (χ1n) is 6.20. The lowest BCUT2D eigenvalue weighted by Gasteiger charge is -2.05. The molecule has 0 aliphatic heterocycles. The van der Waals surface area contributed by atoms with Crippen molar-refractivity contribution in [1.29, 1.82) is 0 Å². The maximum atomic E-state index is 12.0. The Balaban J connectivity index is 2.01. The number of aliphatic hydroxyl groups excluding tert-OH is 1. The quantitative estimate of drug-likeness (QED) is 0.850. The van der Waals surface area contributed by atoms with Gasteiger partial charge in [-0.15, -0.1) is 0 Å². The molecule has 0 unspecified atom stereocenters. The van der Waals surface area contributed by atoms with Gasteiger partial charge in [-0.1, -0.05) is 24.0 Å². The lowest BCUT2D eigenvalue weighted by atomic mass is 10.1. The third kappa shape index (κ3) is 3.70. The van der Waals surface area contributed by atoms with Crippen LogP contribution in [0, 0.1) is 18.8 Å². The van der Waals surface area contributed by atoms with E-state index in [1.165, 1.54) is 11.3 Å². The first-order valence-corrected chi connectivity index (χ1v) is 7.14. The van der Waals surface area contributed by atoms with Gasteiger partial charge in [0.15, 0.2) is 0 Å². The van der Waals surface area contributed by atoms with E-state index in [0.29, 0.717) is 6.54 Å². The minimum absolute atomic E-state index is 0.0596. The summed E-state index contributed by atoms with van der Waals surface area (Å²) in [5, 5.41) is 15.4. The number of hydrogen-bond donors (Lipinski definition) is 2. The van der Waals surface area contributed by atoms with Crippen LogP contribution in [0.1, 0.15) is 27.0 Å². The predicted octanol–water partition coefficient (Wildman–Crippen LogP) is 2.33. The van der Waals surface area contributed by atoms with Crippen molar-refractivity contribution in [3.63, 3.8) is 0 Å². The topological polar surface area (TPSA) is 49.3 Å². The number of carbonyl (C=O) groups excluding carboxylic acids is 1. The average Bonchev–Trinajstić information content (AvgIpc) is 2.89. The fourth-order valence-corrected chi connectivity index (χ4v) is 2.60. The average molecular weight is 285 g/mol. The number of amides is 1. The van der Waals surface area contributed by atoms with Crippen LogP contribution in [-0.4, -0.2) is 17.6 Å². The molecule has 0 aliphatic carbocycles. The zero-order valence-electron chi connectivity index (χ0n) is 11.1. The van der Waals surface area contributed by atoms with Crippen molar-refractivity contribution in [2.75, 3.05) is 6.61 Å². The second kappa shape index (κ2) is 6.90. The van der Waals surface area contributed by atoms with Crippen molar-refractivity contribution >= 4 is 17.2 Å². The zero-order valence-corrected chi connectivity index (χ0v) is 12.0. The van der Waals surface area contributed by atoms with Gasteiger partial charge in [-0.3, -0.25) is 4.79 Å². The Morgan fingerprint density at radius 3 is 2.95 bits per heavy atom. The van der Waals surface area contributed by atoms with E-state index in [1.54, 1.807) is 0 Å². The molecule has 0 spiro atoms. The van der Waals surface area contributed by atoms with Crippen molar-refractivity contribution in [2.24, 2.45) is 0 Å². The summed E-state index contributed by atoms with van der Waals surface area (Å²) in [6, 6.07) is 7.60. The molecular weight excluding hydrogens is 270 g/mol. The van der Waals surface area contributed by atoms with Crippen LogP contribution in [0.2, 0.25) is 0 Å². The van der Waals surface area contributed by atoms with Crippen molar-refractivity contribution in [1.82, 2.24) is 5.32 Å². The summed E-state index contributed by atoms with van der Waals surface area (Å²) in [7, 11) is 0. The maximum Gasteiger partial charge on any atom is 0.252 e. The SMILES string of the molecule is Cc1cscc1C(=O)NCc1cccc(C#CCO)c1. The van der Waals surface area contributed by atoms with Gasteiger partial charge >= 0.3 is 0 Å². The van der Waals surface area contributed by atoms with Crippen LogP contribution < -0.4 is 5.32 Å². The molecule has 3 nitrogen and oxygen atoms in total. The van der Waals surface area contributed by atoms with Gasteiger partial charge in [0.05, 0.1) is 5.56 Å². The largest absolute Gasteiger partial charge is 0.384 e. The first kappa shape index (κ1) is 14.3. The fraction of sp³-hybridized carbons (Fsp3) is 0.188. The van der Waals surface area contributed by atoms with Gasteiger partial charge in [-0.05, 0) is 35.6 Å². The number of benzene rings is 1. The Labute approximate surface area is 122 Å². The summed E-state index contributed by atoms with van der Waals surface area (Å²) in [5.74, 6) is 5.39. The third-order valence-corrected chi connectivity index (χ3v) is 3.65. The molecule has 1 aromatic heterocycles. The third-order valence-electron chi connectivity index (χ3n) is 2.79. The molecule has 20 heavy (non-hydrogen) atoms. The van der Waals surface area contributed by atoms with Crippen LogP contribution in [0.4, 0.5) is 0 Å². The van der Waals surface area contributed by atoms with Crippen LogP contribution in [0.3, 0.4) is 0 Å². The molecule has 1 aromatic carbocycles. The van der Waals surface area contributed by atoms with Crippen molar-refractivity contribution in [3.05, 3.63) is 57.3 Å². The van der Waals surface area contributed by atoms with Gasteiger partial charge in [-0.25, -0.2) is 0 Å². The molecule has 0 bridgehead atoms. The van der Waals surface area contributed by atoms with E-state index in [9.17, 15) is 4.79 Å². The number of aliphatic hydroxyl groups is 1. The summed E-state index contributed by atoms with van der Waals surface area (Å²) in [6.45, 7) is 2.23. The highest BCUT2D eigenvalue weighted by Gasteiger charge is 2.08. The van der Waals surface area contributed by atoms with E-state index in [1.807, 2.05) is 41.9 Å². The Kier molecular flexibility index (Phi) is 4.94. The molecule has 102 valence electrons. The van der Waals surface area contributed by atoms with E-state index in [2.05, 4.69) is 17.2 Å². The maximum absolute atomic E-state index is 12.0. The number of rotatable bonds is 3. The zero-order chi connectivity index (χ0) is 14.4. The number of aryl methyl sites for hydroxylation is 1. The van der Waals surface area contributed by atoms with Gasteiger partial charge in [-0.2, -0.15) is 11.3 Å². The minimum atomic E-state index is -0.154. The molecule has 2 rings (SSSR count). The highest BCUT2D eigenvalue weighted by atomic mass is 32.1. The van der Waals surface area contributed by atoms with Crippen LogP contribution in [0.5, 0.6) is 0 Å². The number of carbonyl (C=O) groups is 1. The highest BCUT2D eigenvalue weighted by molar-refractivity contribution is 7.08. The van der Waals surface area contributed by atoms with Gasteiger partial charge < -0.3 is 10.4 Å². The summed E-state index contributed by atoms with van der Waals surface area (Å²) in [6.07, 6.45) is 0. The number of thiophene rings is 1. The van der Waals surface area contributed by atoms with Crippen LogP contribution in [0.25, 0.3) is 0 Å². The van der Waals surface area contributed by atoms with Gasteiger partial charge in [0.1, 0.15) is 6.61 Å². The van der Waals surface area contributed by atoms with Crippen LogP contribution in [-0.2, 0) is 6.54 Å². The fourth-order valence-electron chi connectivity index (χ4n) is 1.77. The second-order valence-corrected chi connectivity index (χ2v) is 5.05. The highest BCUT2D eigenvalue weighted by Crippen LogP contribution is 2.13. The molecule has 1 amide bonds. The van der Waals surface area contributed by atoms with E-state index >= 15 is 0 Å². The summed E-state index contributed by atoms with van der Waals surface area (Å²) in [4.78, 5) is 12.0. The Morgan fingerprint density at radius 1 is 1.40 bits per heavy atom. The molecule has 0 atom stereocenters. The smallest absolute Gasteiger partial charge is 0.252 e. The molecule has 0 saturated heterocycles. The summed E-state index contributed by atoms with van der Waals surface area (Å²) in [5.41, 5.74) is 3.54. The minimum Gasteiger partial charge on any atom is -0.384 e. The van der Waals surface area contributed by atoms with E-state index < -0.39 is 0 Å². The van der Waals surface area contributed by atoms with Crippen molar-refractivity contribution in [3.8, 4) is 11.8 Å². The lowest BCUT2D eigenvalue weighted by Crippen LogP contribution is -2.22. The van der Waals surface area contributed by atoms with Gasteiger partial charge in [0, 0.05) is 17.5 Å². The molecule has 1 heterocycles. The van der Waals surface area contributed by atoms with E-state index in [-0.39, 0.29) is 12.5 Å². The number of hydrogen-bond acceptors (Lipinski definition) is 3. The van der Waals surface area contributed by atoms with Crippen LogP contribution in [0.15, 0.2) is 35.0 Å². The monoisotopic (exact) mass is 285 g/mol. The molecule has 0 radical (unpaired) electrons. The predicted molar refractivity (Wildman–Crippen MR) is 80.6 cm³/mol.